The molecule has 0 radical (unpaired) electrons. The molecule has 0 saturated carbocycles. The predicted octanol–water partition coefficient (Wildman–Crippen LogP) is 18.1. The van der Waals surface area contributed by atoms with E-state index in [1.807, 2.05) is 0 Å². The van der Waals surface area contributed by atoms with Gasteiger partial charge in [0.1, 0.15) is 13.2 Å². The van der Waals surface area contributed by atoms with Crippen LogP contribution in [0.4, 0.5) is 0 Å². The van der Waals surface area contributed by atoms with Gasteiger partial charge < -0.3 is 14.2 Å². The van der Waals surface area contributed by atoms with E-state index in [0.29, 0.717) is 19.3 Å². The second-order valence-electron chi connectivity index (χ2n) is 20.2. The van der Waals surface area contributed by atoms with Crippen molar-refractivity contribution in [3.8, 4) is 0 Å². The number of unbranched alkanes of at least 4 members (excludes halogenated alkanes) is 35. The molecule has 6 heteroatoms. The van der Waals surface area contributed by atoms with Gasteiger partial charge in [-0.05, 0) is 31.1 Å². The minimum atomic E-state index is -0.762. The molecule has 0 fully saturated rings. The van der Waals surface area contributed by atoms with Crippen LogP contribution in [0.2, 0.25) is 0 Å². The smallest absolute Gasteiger partial charge is 0.306 e. The number of hydrogen-bond acceptors (Lipinski definition) is 6. The Morgan fingerprint density at radius 1 is 0.306 bits per heavy atom. The van der Waals surface area contributed by atoms with Crippen molar-refractivity contribution in [2.45, 2.75) is 317 Å². The molecule has 0 aliphatic heterocycles. The molecule has 0 aromatic rings. The molecule has 0 N–H and O–H groups in total. The Labute approximate surface area is 387 Å². The van der Waals surface area contributed by atoms with Gasteiger partial charge in [-0.3, -0.25) is 14.4 Å². The van der Waals surface area contributed by atoms with Gasteiger partial charge in [-0.1, -0.05) is 272 Å². The molecule has 0 rings (SSSR count). The van der Waals surface area contributed by atoms with Crippen LogP contribution in [-0.2, 0) is 28.6 Å². The monoisotopic (exact) mass is 877 g/mol. The SMILES string of the molecule is CCCCCCCCCCCCCCCC(=O)OC[C@H](COC(=O)CCCCCCCCCCCCCCCC(C)C)OC(=O)CCCCCCCCCCCCCCC(C)C. The summed E-state index contributed by atoms with van der Waals surface area (Å²) in [5.74, 6) is 0.830. The van der Waals surface area contributed by atoms with Crippen molar-refractivity contribution in [1.82, 2.24) is 0 Å². The lowest BCUT2D eigenvalue weighted by Gasteiger charge is -2.18. The summed E-state index contributed by atoms with van der Waals surface area (Å²) in [6.45, 7) is 11.4. The first-order valence-corrected chi connectivity index (χ1v) is 27.7. The van der Waals surface area contributed by atoms with Gasteiger partial charge >= 0.3 is 17.9 Å². The standard InChI is InChI=1S/C56H108O6/c1-6-7-8-9-10-11-12-14-21-26-31-36-41-46-54(57)60-49-53(62-56(59)48-43-38-33-28-23-18-17-20-25-30-35-40-45-52(4)5)50-61-55(58)47-42-37-32-27-22-16-13-15-19-24-29-34-39-44-51(2)3/h51-53H,6-50H2,1-5H3/t53-/m1/s1. The van der Waals surface area contributed by atoms with Gasteiger partial charge in [-0.25, -0.2) is 0 Å². The van der Waals surface area contributed by atoms with Gasteiger partial charge in [-0.15, -0.1) is 0 Å². The number of esters is 3. The Morgan fingerprint density at radius 3 is 0.790 bits per heavy atom. The summed E-state index contributed by atoms with van der Waals surface area (Å²) < 4.78 is 16.9. The molecular weight excluding hydrogens is 769 g/mol. The molecule has 0 heterocycles. The van der Waals surface area contributed by atoms with Crippen molar-refractivity contribution in [2.24, 2.45) is 11.8 Å². The Kier molecular flexibility index (Phi) is 47.6. The first-order valence-electron chi connectivity index (χ1n) is 27.7. The second-order valence-corrected chi connectivity index (χ2v) is 20.2. The summed E-state index contributed by atoms with van der Waals surface area (Å²) >= 11 is 0. The zero-order valence-electron chi connectivity index (χ0n) is 42.5. The predicted molar refractivity (Wildman–Crippen MR) is 266 cm³/mol. The summed E-state index contributed by atoms with van der Waals surface area (Å²) in [5, 5.41) is 0. The van der Waals surface area contributed by atoms with Gasteiger partial charge in [0.2, 0.25) is 0 Å². The fourth-order valence-electron chi connectivity index (χ4n) is 8.52. The van der Waals surface area contributed by atoms with Crippen molar-refractivity contribution in [2.75, 3.05) is 13.2 Å². The summed E-state index contributed by atoms with van der Waals surface area (Å²) in [7, 11) is 0. The molecule has 0 aliphatic carbocycles. The summed E-state index contributed by atoms with van der Waals surface area (Å²) in [6.07, 6.45) is 50.9. The van der Waals surface area contributed by atoms with E-state index >= 15 is 0 Å². The molecule has 0 spiro atoms. The lowest BCUT2D eigenvalue weighted by molar-refractivity contribution is -0.167. The highest BCUT2D eigenvalue weighted by Crippen LogP contribution is 2.18. The maximum Gasteiger partial charge on any atom is 0.306 e. The van der Waals surface area contributed by atoms with E-state index in [0.717, 1.165) is 69.6 Å². The number of carbonyl (C=O) groups excluding carboxylic acids is 3. The average Bonchev–Trinajstić information content (AvgIpc) is 3.24. The summed E-state index contributed by atoms with van der Waals surface area (Å²) in [5.41, 5.74) is 0. The second kappa shape index (κ2) is 48.9. The van der Waals surface area contributed by atoms with Crippen molar-refractivity contribution in [1.29, 1.82) is 0 Å². The van der Waals surface area contributed by atoms with Crippen LogP contribution in [0.25, 0.3) is 0 Å². The molecule has 0 saturated heterocycles. The largest absolute Gasteiger partial charge is 0.462 e. The maximum atomic E-state index is 12.8. The highest BCUT2D eigenvalue weighted by molar-refractivity contribution is 5.71. The molecule has 0 aromatic heterocycles. The minimum absolute atomic E-state index is 0.0630. The minimum Gasteiger partial charge on any atom is -0.462 e. The zero-order chi connectivity index (χ0) is 45.4. The number of ether oxygens (including phenoxy) is 3. The molecule has 368 valence electrons. The van der Waals surface area contributed by atoms with Gasteiger partial charge in [0.05, 0.1) is 0 Å². The Hall–Kier alpha value is -1.59. The Morgan fingerprint density at radius 2 is 0.532 bits per heavy atom. The van der Waals surface area contributed by atoms with Gasteiger partial charge in [0.15, 0.2) is 6.10 Å². The first kappa shape index (κ1) is 60.4. The Balaban J connectivity index is 4.31. The molecule has 6 nitrogen and oxygen atoms in total. The van der Waals surface area contributed by atoms with E-state index < -0.39 is 6.10 Å². The molecule has 0 aromatic carbocycles. The van der Waals surface area contributed by atoms with Crippen LogP contribution >= 0.6 is 0 Å². The molecule has 0 amide bonds. The molecule has 62 heavy (non-hydrogen) atoms. The van der Waals surface area contributed by atoms with Crippen LogP contribution in [0.5, 0.6) is 0 Å². The van der Waals surface area contributed by atoms with Gasteiger partial charge in [0, 0.05) is 19.3 Å². The quantitative estimate of drug-likeness (QED) is 0.0344. The topological polar surface area (TPSA) is 78.9 Å². The average molecular weight is 877 g/mol. The first-order chi connectivity index (χ1) is 30.2. The Bertz CT molecular complexity index is 947. The normalized spacial score (nSPS) is 12.0. The molecule has 1 atom stereocenters. The van der Waals surface area contributed by atoms with Crippen molar-refractivity contribution in [3.63, 3.8) is 0 Å². The van der Waals surface area contributed by atoms with Crippen LogP contribution < -0.4 is 0 Å². The molecule has 0 unspecified atom stereocenters. The van der Waals surface area contributed by atoms with Crippen LogP contribution in [-0.4, -0.2) is 37.2 Å². The third-order valence-corrected chi connectivity index (χ3v) is 12.7. The van der Waals surface area contributed by atoms with Crippen LogP contribution in [0.15, 0.2) is 0 Å². The number of carbonyl (C=O) groups is 3. The molecule has 0 bridgehead atoms. The van der Waals surface area contributed by atoms with Gasteiger partial charge in [0.25, 0.3) is 0 Å². The van der Waals surface area contributed by atoms with Crippen LogP contribution in [0.3, 0.4) is 0 Å². The van der Waals surface area contributed by atoms with E-state index in [-0.39, 0.29) is 31.1 Å². The van der Waals surface area contributed by atoms with Crippen molar-refractivity contribution >= 4 is 17.9 Å². The van der Waals surface area contributed by atoms with Crippen molar-refractivity contribution < 1.29 is 28.6 Å². The number of rotatable bonds is 50. The van der Waals surface area contributed by atoms with E-state index in [2.05, 4.69) is 34.6 Å². The third kappa shape index (κ3) is 49.4. The van der Waals surface area contributed by atoms with Crippen LogP contribution in [0, 0.1) is 11.8 Å². The van der Waals surface area contributed by atoms with Crippen molar-refractivity contribution in [3.05, 3.63) is 0 Å². The van der Waals surface area contributed by atoms with Crippen LogP contribution in [0.1, 0.15) is 311 Å². The third-order valence-electron chi connectivity index (χ3n) is 12.7. The van der Waals surface area contributed by atoms with E-state index in [4.69, 9.17) is 14.2 Å². The van der Waals surface area contributed by atoms with E-state index in [9.17, 15) is 14.4 Å². The maximum absolute atomic E-state index is 12.8. The number of hydrogen-bond donors (Lipinski definition) is 0. The fraction of sp³-hybridized carbons (Fsp3) is 0.946. The lowest BCUT2D eigenvalue weighted by Crippen LogP contribution is -2.30. The van der Waals surface area contributed by atoms with Gasteiger partial charge in [-0.2, -0.15) is 0 Å². The highest BCUT2D eigenvalue weighted by Gasteiger charge is 2.19. The zero-order valence-corrected chi connectivity index (χ0v) is 42.5. The van der Waals surface area contributed by atoms with E-state index in [1.165, 1.54) is 199 Å². The van der Waals surface area contributed by atoms with E-state index in [1.54, 1.807) is 0 Å². The lowest BCUT2D eigenvalue weighted by atomic mass is 10.0. The summed E-state index contributed by atoms with van der Waals surface area (Å²) in [6, 6.07) is 0. The highest BCUT2D eigenvalue weighted by atomic mass is 16.6. The molecular formula is C56H108O6. The summed E-state index contributed by atoms with van der Waals surface area (Å²) in [4.78, 5) is 38.1. The molecule has 0 aliphatic rings. The fourth-order valence-corrected chi connectivity index (χ4v) is 8.52.